The zero-order valence-corrected chi connectivity index (χ0v) is 10.0. The van der Waals surface area contributed by atoms with Gasteiger partial charge in [0.2, 0.25) is 0 Å². The van der Waals surface area contributed by atoms with E-state index in [1.165, 1.54) is 18.2 Å². The first-order valence-corrected chi connectivity index (χ1v) is 5.35. The number of hydrogen-bond donors (Lipinski definition) is 3. The summed E-state index contributed by atoms with van der Waals surface area (Å²) in [6.45, 7) is 0. The van der Waals surface area contributed by atoms with E-state index in [1.807, 2.05) is 0 Å². The Morgan fingerprint density at radius 1 is 1.47 bits per heavy atom. The number of nitrogens with zero attached hydrogens (tertiary/aromatic N) is 2. The SMILES string of the molecule is O=C(Nc1cc(Cl)ccc1O)c1cc([N+](=O)[O-])[nH]n1. The fourth-order valence-electron chi connectivity index (χ4n) is 1.32. The molecule has 0 saturated carbocycles. The summed E-state index contributed by atoms with van der Waals surface area (Å²) < 4.78 is 0. The molecule has 2 aromatic rings. The summed E-state index contributed by atoms with van der Waals surface area (Å²) in [4.78, 5) is 21.5. The predicted molar refractivity (Wildman–Crippen MR) is 66.3 cm³/mol. The Hall–Kier alpha value is -2.61. The first kappa shape index (κ1) is 12.8. The molecule has 19 heavy (non-hydrogen) atoms. The number of halogens is 1. The Kier molecular flexibility index (Phi) is 3.34. The maximum absolute atomic E-state index is 11.7. The van der Waals surface area contributed by atoms with Crippen LogP contribution in [-0.2, 0) is 0 Å². The number of hydrogen-bond acceptors (Lipinski definition) is 5. The smallest absolute Gasteiger partial charge is 0.343 e. The van der Waals surface area contributed by atoms with E-state index in [1.54, 1.807) is 0 Å². The minimum atomic E-state index is -0.708. The summed E-state index contributed by atoms with van der Waals surface area (Å²) in [5.74, 6) is -1.29. The first-order chi connectivity index (χ1) is 8.97. The summed E-state index contributed by atoms with van der Waals surface area (Å²) in [7, 11) is 0. The van der Waals surface area contributed by atoms with E-state index in [0.29, 0.717) is 5.02 Å². The van der Waals surface area contributed by atoms with Gasteiger partial charge in [0.05, 0.1) is 11.8 Å². The van der Waals surface area contributed by atoms with Crippen LogP contribution in [0.4, 0.5) is 11.5 Å². The van der Waals surface area contributed by atoms with Crippen LogP contribution in [0.15, 0.2) is 24.3 Å². The van der Waals surface area contributed by atoms with Gasteiger partial charge < -0.3 is 20.5 Å². The largest absolute Gasteiger partial charge is 0.506 e. The van der Waals surface area contributed by atoms with Gasteiger partial charge in [-0.2, -0.15) is 0 Å². The number of phenols is 1. The van der Waals surface area contributed by atoms with Gasteiger partial charge in [-0.15, -0.1) is 5.10 Å². The molecule has 1 aromatic carbocycles. The number of carbonyl (C=O) groups is 1. The van der Waals surface area contributed by atoms with Crippen molar-refractivity contribution in [3.63, 3.8) is 0 Å². The van der Waals surface area contributed by atoms with Crippen molar-refractivity contribution < 1.29 is 14.8 Å². The summed E-state index contributed by atoms with van der Waals surface area (Å²) in [5, 5.41) is 28.2. The number of aromatic nitrogens is 2. The normalized spacial score (nSPS) is 10.2. The molecule has 3 N–H and O–H groups in total. The van der Waals surface area contributed by atoms with Crippen LogP contribution in [0.25, 0.3) is 0 Å². The Balaban J connectivity index is 2.20. The maximum Gasteiger partial charge on any atom is 0.343 e. The van der Waals surface area contributed by atoms with E-state index < -0.39 is 16.6 Å². The standard InChI is InChI=1S/C10H7ClN4O4/c11-5-1-2-8(16)6(3-5)12-10(17)7-4-9(14-13-7)15(18)19/h1-4,16H,(H,12,17)(H,13,14). The molecule has 0 aliphatic carbocycles. The fraction of sp³-hybridized carbons (Fsp3) is 0. The summed E-state index contributed by atoms with van der Waals surface area (Å²) in [5.41, 5.74) is -0.0887. The van der Waals surface area contributed by atoms with Crippen molar-refractivity contribution in [2.45, 2.75) is 0 Å². The topological polar surface area (TPSA) is 121 Å². The van der Waals surface area contributed by atoms with Crippen molar-refractivity contribution in [1.29, 1.82) is 0 Å². The van der Waals surface area contributed by atoms with Gasteiger partial charge in [-0.25, -0.2) is 0 Å². The van der Waals surface area contributed by atoms with Gasteiger partial charge in [0.1, 0.15) is 5.75 Å². The van der Waals surface area contributed by atoms with E-state index in [2.05, 4.69) is 15.5 Å². The number of aromatic amines is 1. The molecule has 8 nitrogen and oxygen atoms in total. The molecule has 2 rings (SSSR count). The number of anilines is 1. The minimum Gasteiger partial charge on any atom is -0.506 e. The lowest BCUT2D eigenvalue weighted by Crippen LogP contribution is -2.12. The molecular formula is C10H7ClN4O4. The molecule has 1 heterocycles. The molecule has 0 atom stereocenters. The van der Waals surface area contributed by atoms with E-state index in [-0.39, 0.29) is 17.1 Å². The highest BCUT2D eigenvalue weighted by Crippen LogP contribution is 2.26. The molecule has 0 aliphatic rings. The maximum atomic E-state index is 11.7. The lowest BCUT2D eigenvalue weighted by molar-refractivity contribution is -0.389. The van der Waals surface area contributed by atoms with Crippen LogP contribution in [0, 0.1) is 10.1 Å². The van der Waals surface area contributed by atoms with Crippen LogP contribution in [0.2, 0.25) is 5.02 Å². The predicted octanol–water partition coefficient (Wildman–Crippen LogP) is 1.93. The molecule has 1 amide bonds. The summed E-state index contributed by atoms with van der Waals surface area (Å²) >= 11 is 5.72. The van der Waals surface area contributed by atoms with E-state index in [4.69, 9.17) is 11.6 Å². The highest BCUT2D eigenvalue weighted by atomic mass is 35.5. The van der Waals surface area contributed by atoms with E-state index in [0.717, 1.165) is 6.07 Å². The van der Waals surface area contributed by atoms with Gasteiger partial charge in [-0.3, -0.25) is 4.79 Å². The highest BCUT2D eigenvalue weighted by molar-refractivity contribution is 6.31. The van der Waals surface area contributed by atoms with Crippen molar-refractivity contribution in [2.24, 2.45) is 0 Å². The second kappa shape index (κ2) is 4.94. The number of H-pyrrole nitrogens is 1. The zero-order valence-electron chi connectivity index (χ0n) is 9.25. The first-order valence-electron chi connectivity index (χ1n) is 4.97. The number of phenolic OH excluding ortho intramolecular Hbond substituents is 1. The van der Waals surface area contributed by atoms with Gasteiger partial charge in [0.15, 0.2) is 5.69 Å². The van der Waals surface area contributed by atoms with Crippen LogP contribution >= 0.6 is 11.6 Å². The molecule has 1 aromatic heterocycles. The molecule has 0 saturated heterocycles. The average molecular weight is 283 g/mol. The highest BCUT2D eigenvalue weighted by Gasteiger charge is 2.17. The second-order valence-corrected chi connectivity index (χ2v) is 3.95. The third-order valence-electron chi connectivity index (χ3n) is 2.20. The van der Waals surface area contributed by atoms with Crippen molar-refractivity contribution in [3.8, 4) is 5.75 Å². The zero-order chi connectivity index (χ0) is 14.0. The quantitative estimate of drug-likeness (QED) is 0.451. The number of benzene rings is 1. The number of rotatable bonds is 3. The number of aromatic hydroxyl groups is 1. The van der Waals surface area contributed by atoms with Crippen molar-refractivity contribution >= 4 is 29.0 Å². The van der Waals surface area contributed by atoms with Gasteiger partial charge in [0.25, 0.3) is 5.91 Å². The third kappa shape index (κ3) is 2.80. The monoisotopic (exact) mass is 282 g/mol. The number of amides is 1. The fourth-order valence-corrected chi connectivity index (χ4v) is 1.49. The van der Waals surface area contributed by atoms with Gasteiger partial charge in [-0.1, -0.05) is 16.7 Å². The van der Waals surface area contributed by atoms with Crippen LogP contribution in [0.5, 0.6) is 5.75 Å². The molecule has 98 valence electrons. The van der Waals surface area contributed by atoms with Gasteiger partial charge in [-0.05, 0) is 23.1 Å². The summed E-state index contributed by atoms with van der Waals surface area (Å²) in [6.07, 6.45) is 0. The molecule has 9 heteroatoms. The molecule has 0 aliphatic heterocycles. The molecule has 0 fully saturated rings. The van der Waals surface area contributed by atoms with Crippen LogP contribution in [0.3, 0.4) is 0 Å². The Morgan fingerprint density at radius 2 is 2.21 bits per heavy atom. The van der Waals surface area contributed by atoms with Crippen molar-refractivity contribution in [3.05, 3.63) is 45.1 Å². The lowest BCUT2D eigenvalue weighted by atomic mass is 10.3. The second-order valence-electron chi connectivity index (χ2n) is 3.51. The van der Waals surface area contributed by atoms with Crippen LogP contribution in [0.1, 0.15) is 10.5 Å². The third-order valence-corrected chi connectivity index (χ3v) is 2.44. The number of carbonyl (C=O) groups excluding carboxylic acids is 1. The van der Waals surface area contributed by atoms with Crippen LogP contribution < -0.4 is 5.32 Å². The lowest BCUT2D eigenvalue weighted by Gasteiger charge is -2.05. The Morgan fingerprint density at radius 3 is 2.84 bits per heavy atom. The number of nitro groups is 1. The summed E-state index contributed by atoms with van der Waals surface area (Å²) in [6, 6.07) is 5.09. The molecule has 0 bridgehead atoms. The minimum absolute atomic E-state index is 0.0863. The molecule has 0 radical (unpaired) electrons. The van der Waals surface area contributed by atoms with Crippen molar-refractivity contribution in [2.75, 3.05) is 5.32 Å². The van der Waals surface area contributed by atoms with Gasteiger partial charge in [0, 0.05) is 5.02 Å². The van der Waals surface area contributed by atoms with E-state index >= 15 is 0 Å². The van der Waals surface area contributed by atoms with E-state index in [9.17, 15) is 20.0 Å². The Labute approximate surface area is 111 Å². The Bertz CT molecular complexity index is 655. The van der Waals surface area contributed by atoms with Gasteiger partial charge >= 0.3 is 5.82 Å². The van der Waals surface area contributed by atoms with Crippen LogP contribution in [-0.4, -0.2) is 26.1 Å². The number of nitrogens with one attached hydrogen (secondary N) is 2. The molecule has 0 spiro atoms. The van der Waals surface area contributed by atoms with Crippen molar-refractivity contribution in [1.82, 2.24) is 10.2 Å². The average Bonchev–Trinajstić information content (AvgIpc) is 2.83. The molecular weight excluding hydrogens is 276 g/mol. The molecule has 0 unspecified atom stereocenters.